The van der Waals surface area contributed by atoms with Gasteiger partial charge in [-0.15, -0.1) is 5.10 Å². The van der Waals surface area contributed by atoms with E-state index < -0.39 is 0 Å². The molecule has 0 bridgehead atoms. The highest BCUT2D eigenvalue weighted by Gasteiger charge is 2.11. The van der Waals surface area contributed by atoms with Gasteiger partial charge < -0.3 is 10.9 Å². The minimum atomic E-state index is 0.0940. The van der Waals surface area contributed by atoms with Crippen LogP contribution in [0.15, 0.2) is 51.6 Å². The molecule has 0 fully saturated rings. The van der Waals surface area contributed by atoms with E-state index in [2.05, 4.69) is 20.3 Å². The number of aryl methyl sites for hydroxylation is 1. The van der Waals surface area contributed by atoms with E-state index in [1.165, 1.54) is 11.8 Å². The summed E-state index contributed by atoms with van der Waals surface area (Å²) in [4.78, 5) is 5.31. The van der Waals surface area contributed by atoms with E-state index in [4.69, 9.17) is 10.9 Å². The van der Waals surface area contributed by atoms with Crippen molar-refractivity contribution in [1.82, 2.24) is 15.2 Å². The lowest BCUT2D eigenvalue weighted by Crippen LogP contribution is -2.13. The van der Waals surface area contributed by atoms with Crippen LogP contribution in [0.4, 0.5) is 0 Å². The standard InChI is InChI=1S/C14H13N5OS/c1-8-16-14(18-17-8)21-12-7-6-11(13(15)19-20)9-4-2-3-5-10(9)12/h2-7,20H,1H3,(H2,15,19)(H,16,17,18). The quantitative estimate of drug-likeness (QED) is 0.298. The maximum Gasteiger partial charge on any atom is 0.213 e. The van der Waals surface area contributed by atoms with Gasteiger partial charge in [0, 0.05) is 10.5 Å². The Balaban J connectivity index is 2.13. The highest BCUT2D eigenvalue weighted by molar-refractivity contribution is 7.99. The molecule has 3 aromatic rings. The van der Waals surface area contributed by atoms with Crippen molar-refractivity contribution in [3.05, 3.63) is 47.8 Å². The van der Waals surface area contributed by atoms with E-state index in [-0.39, 0.29) is 5.84 Å². The SMILES string of the molecule is Cc1nc(Sc2ccc(/C(N)=N/O)c3ccccc23)n[nH]1. The van der Waals surface area contributed by atoms with Crippen LogP contribution < -0.4 is 5.73 Å². The second-order valence-corrected chi connectivity index (χ2v) is 5.46. The van der Waals surface area contributed by atoms with Crippen molar-refractivity contribution in [3.63, 3.8) is 0 Å². The number of nitrogens with two attached hydrogens (primary N) is 1. The number of aromatic amines is 1. The van der Waals surface area contributed by atoms with Gasteiger partial charge in [0.05, 0.1) is 0 Å². The molecule has 0 unspecified atom stereocenters. The van der Waals surface area contributed by atoms with Crippen molar-refractivity contribution < 1.29 is 5.21 Å². The second-order valence-electron chi connectivity index (χ2n) is 4.45. The topological polar surface area (TPSA) is 100 Å². The molecule has 0 spiro atoms. The fourth-order valence-electron chi connectivity index (χ4n) is 2.10. The van der Waals surface area contributed by atoms with E-state index in [0.29, 0.717) is 10.7 Å². The Labute approximate surface area is 125 Å². The van der Waals surface area contributed by atoms with Gasteiger partial charge in [0.15, 0.2) is 5.84 Å². The van der Waals surface area contributed by atoms with Crippen molar-refractivity contribution in [2.45, 2.75) is 17.0 Å². The summed E-state index contributed by atoms with van der Waals surface area (Å²) in [6.07, 6.45) is 0. The van der Waals surface area contributed by atoms with Crippen molar-refractivity contribution in [3.8, 4) is 0 Å². The Morgan fingerprint density at radius 3 is 2.67 bits per heavy atom. The molecule has 2 aromatic carbocycles. The largest absolute Gasteiger partial charge is 0.409 e. The van der Waals surface area contributed by atoms with Crippen LogP contribution in [-0.2, 0) is 0 Å². The van der Waals surface area contributed by atoms with Crippen molar-refractivity contribution in [2.24, 2.45) is 10.9 Å². The van der Waals surface area contributed by atoms with Crippen LogP contribution >= 0.6 is 11.8 Å². The molecule has 0 atom stereocenters. The lowest BCUT2D eigenvalue weighted by atomic mass is 10.0. The van der Waals surface area contributed by atoms with Crippen LogP contribution in [0.3, 0.4) is 0 Å². The number of aromatic nitrogens is 3. The molecule has 0 amide bonds. The Morgan fingerprint density at radius 2 is 2.00 bits per heavy atom. The summed E-state index contributed by atoms with van der Waals surface area (Å²) in [5.41, 5.74) is 6.43. The first-order valence-electron chi connectivity index (χ1n) is 6.25. The second kappa shape index (κ2) is 5.45. The van der Waals surface area contributed by atoms with E-state index in [1.54, 1.807) is 0 Å². The van der Waals surface area contributed by atoms with E-state index in [1.807, 2.05) is 43.3 Å². The van der Waals surface area contributed by atoms with Gasteiger partial charge in [-0.05, 0) is 41.6 Å². The predicted octanol–water partition coefficient (Wildman–Crippen LogP) is 2.51. The van der Waals surface area contributed by atoms with Crippen LogP contribution in [0.5, 0.6) is 0 Å². The lowest BCUT2D eigenvalue weighted by molar-refractivity contribution is 0.318. The Kier molecular flexibility index (Phi) is 3.49. The number of hydrogen-bond donors (Lipinski definition) is 3. The van der Waals surface area contributed by atoms with E-state index >= 15 is 0 Å². The highest BCUT2D eigenvalue weighted by Crippen LogP contribution is 2.33. The molecular formula is C14H13N5OS. The molecule has 4 N–H and O–H groups in total. The number of H-pyrrole nitrogens is 1. The molecule has 0 aliphatic heterocycles. The summed E-state index contributed by atoms with van der Waals surface area (Å²) in [6, 6.07) is 11.6. The van der Waals surface area contributed by atoms with Crippen molar-refractivity contribution >= 4 is 28.4 Å². The molecule has 106 valence electrons. The van der Waals surface area contributed by atoms with Crippen LogP contribution in [0.2, 0.25) is 0 Å². The first kappa shape index (κ1) is 13.4. The Bertz CT molecular complexity index is 827. The van der Waals surface area contributed by atoms with Gasteiger partial charge in [0.25, 0.3) is 0 Å². The maximum absolute atomic E-state index is 8.89. The molecule has 0 radical (unpaired) electrons. The van der Waals surface area contributed by atoms with E-state index in [0.717, 1.165) is 21.5 Å². The summed E-state index contributed by atoms with van der Waals surface area (Å²) >= 11 is 1.47. The molecule has 1 heterocycles. The average molecular weight is 299 g/mol. The Morgan fingerprint density at radius 1 is 1.24 bits per heavy atom. The van der Waals surface area contributed by atoms with Gasteiger partial charge in [-0.3, -0.25) is 5.10 Å². The zero-order valence-electron chi connectivity index (χ0n) is 11.2. The van der Waals surface area contributed by atoms with Gasteiger partial charge in [0.1, 0.15) is 5.82 Å². The third-order valence-corrected chi connectivity index (χ3v) is 3.99. The maximum atomic E-state index is 8.89. The zero-order chi connectivity index (χ0) is 14.8. The molecule has 0 saturated heterocycles. The molecule has 0 saturated carbocycles. The number of nitrogens with zero attached hydrogens (tertiary/aromatic N) is 3. The summed E-state index contributed by atoms with van der Waals surface area (Å²) in [5, 5.41) is 21.5. The smallest absolute Gasteiger partial charge is 0.213 e. The number of rotatable bonds is 3. The first-order valence-corrected chi connectivity index (χ1v) is 7.07. The third kappa shape index (κ3) is 2.55. The van der Waals surface area contributed by atoms with Gasteiger partial charge in [-0.25, -0.2) is 4.98 Å². The van der Waals surface area contributed by atoms with Crippen LogP contribution in [0.1, 0.15) is 11.4 Å². The number of oxime groups is 1. The fourth-order valence-corrected chi connectivity index (χ4v) is 3.00. The lowest BCUT2D eigenvalue weighted by Gasteiger charge is -2.08. The monoisotopic (exact) mass is 299 g/mol. The van der Waals surface area contributed by atoms with Crippen LogP contribution in [-0.4, -0.2) is 26.2 Å². The molecule has 1 aromatic heterocycles. The summed E-state index contributed by atoms with van der Waals surface area (Å²) < 4.78 is 0. The van der Waals surface area contributed by atoms with Gasteiger partial charge >= 0.3 is 0 Å². The first-order chi connectivity index (χ1) is 10.2. The summed E-state index contributed by atoms with van der Waals surface area (Å²) in [6.45, 7) is 1.86. The van der Waals surface area contributed by atoms with Gasteiger partial charge in [-0.1, -0.05) is 29.4 Å². The normalized spacial score (nSPS) is 12.0. The molecule has 0 aliphatic rings. The molecule has 21 heavy (non-hydrogen) atoms. The average Bonchev–Trinajstić information content (AvgIpc) is 2.92. The Hall–Kier alpha value is -2.54. The third-order valence-electron chi connectivity index (χ3n) is 3.05. The van der Waals surface area contributed by atoms with E-state index in [9.17, 15) is 0 Å². The zero-order valence-corrected chi connectivity index (χ0v) is 12.1. The van der Waals surface area contributed by atoms with Gasteiger partial charge in [0.2, 0.25) is 5.16 Å². The summed E-state index contributed by atoms with van der Waals surface area (Å²) in [7, 11) is 0. The number of benzene rings is 2. The van der Waals surface area contributed by atoms with Crippen molar-refractivity contribution in [2.75, 3.05) is 0 Å². The number of amidine groups is 1. The fraction of sp³-hybridized carbons (Fsp3) is 0.0714. The molecule has 7 heteroatoms. The molecular weight excluding hydrogens is 286 g/mol. The summed E-state index contributed by atoms with van der Waals surface area (Å²) in [5.74, 6) is 0.867. The molecule has 0 aliphatic carbocycles. The van der Waals surface area contributed by atoms with Gasteiger partial charge in [-0.2, -0.15) is 0 Å². The molecule has 3 rings (SSSR count). The number of hydrogen-bond acceptors (Lipinski definition) is 5. The van der Waals surface area contributed by atoms with Crippen molar-refractivity contribution in [1.29, 1.82) is 0 Å². The number of fused-ring (bicyclic) bond motifs is 1. The van der Waals surface area contributed by atoms with Crippen LogP contribution in [0, 0.1) is 6.92 Å². The number of nitrogens with one attached hydrogen (secondary N) is 1. The molecule has 6 nitrogen and oxygen atoms in total. The van der Waals surface area contributed by atoms with Crippen LogP contribution in [0.25, 0.3) is 10.8 Å². The minimum Gasteiger partial charge on any atom is -0.409 e. The predicted molar refractivity (Wildman–Crippen MR) is 81.7 cm³/mol. The highest BCUT2D eigenvalue weighted by atomic mass is 32.2. The minimum absolute atomic E-state index is 0.0940.